The quantitative estimate of drug-likeness (QED) is 0.735. The van der Waals surface area contributed by atoms with Gasteiger partial charge in [-0.1, -0.05) is 26.7 Å². The maximum Gasteiger partial charge on any atom is 0.235 e. The second kappa shape index (κ2) is 5.78. The molecule has 0 aliphatic heterocycles. The van der Waals surface area contributed by atoms with Gasteiger partial charge in [-0.05, 0) is 25.7 Å². The topological polar surface area (TPSA) is 20.3 Å². The van der Waals surface area contributed by atoms with Crippen LogP contribution in [-0.2, 0) is 4.79 Å². The largest absolute Gasteiger partial charge is 0.339 e. The van der Waals surface area contributed by atoms with Crippen LogP contribution in [0.2, 0.25) is 0 Å². The fraction of sp³-hybridized carbons (Fsp3) is 0.917. The minimum atomic E-state index is -0.163. The van der Waals surface area contributed by atoms with Crippen LogP contribution in [0, 0.1) is 5.92 Å². The van der Waals surface area contributed by atoms with Gasteiger partial charge in [-0.15, -0.1) is 0 Å². The summed E-state index contributed by atoms with van der Waals surface area (Å²) < 4.78 is 0. The average molecular weight is 229 g/mol. The summed E-state index contributed by atoms with van der Waals surface area (Å²) in [4.78, 5) is 14.1. The molecule has 0 N–H and O–H groups in total. The van der Waals surface area contributed by atoms with Gasteiger partial charge < -0.3 is 4.90 Å². The molecule has 0 radical (unpaired) electrons. The predicted octanol–water partition coefficient (Wildman–Crippen LogP) is 2.73. The van der Waals surface area contributed by atoms with Crippen LogP contribution in [0.1, 0.15) is 46.5 Å². The Bertz CT molecular complexity index is 210. The highest BCUT2D eigenvalue weighted by molar-refractivity contribution is 7.81. The van der Waals surface area contributed by atoms with Crippen molar-refractivity contribution in [3.05, 3.63) is 0 Å². The van der Waals surface area contributed by atoms with Gasteiger partial charge in [0.2, 0.25) is 5.91 Å². The zero-order chi connectivity index (χ0) is 11.4. The maximum absolute atomic E-state index is 12.0. The molecule has 2 nitrogen and oxygen atoms in total. The van der Waals surface area contributed by atoms with Gasteiger partial charge in [0, 0.05) is 12.6 Å². The van der Waals surface area contributed by atoms with Crippen molar-refractivity contribution in [1.29, 1.82) is 0 Å². The lowest BCUT2D eigenvalue weighted by Crippen LogP contribution is -2.44. The van der Waals surface area contributed by atoms with Gasteiger partial charge in [0.15, 0.2) is 0 Å². The maximum atomic E-state index is 12.0. The van der Waals surface area contributed by atoms with Crippen molar-refractivity contribution < 1.29 is 4.79 Å². The molecule has 1 atom stereocenters. The van der Waals surface area contributed by atoms with Crippen LogP contribution in [-0.4, -0.2) is 28.6 Å². The van der Waals surface area contributed by atoms with Crippen LogP contribution in [0.3, 0.4) is 0 Å². The second-order valence-electron chi connectivity index (χ2n) is 5.00. The lowest BCUT2D eigenvalue weighted by Gasteiger charge is -2.31. The summed E-state index contributed by atoms with van der Waals surface area (Å²) in [5.74, 6) is 0.751. The molecular weight excluding hydrogens is 206 g/mol. The number of amides is 1. The fourth-order valence-corrected chi connectivity index (χ4v) is 2.42. The van der Waals surface area contributed by atoms with E-state index >= 15 is 0 Å². The molecule has 0 aromatic carbocycles. The molecule has 0 spiro atoms. The molecular formula is C12H23NOS. The Hall–Kier alpha value is -0.180. The molecule has 0 bridgehead atoms. The van der Waals surface area contributed by atoms with Crippen LogP contribution in [0.5, 0.6) is 0 Å². The van der Waals surface area contributed by atoms with Gasteiger partial charge >= 0.3 is 0 Å². The Morgan fingerprint density at radius 2 is 1.87 bits per heavy atom. The van der Waals surface area contributed by atoms with Crippen molar-refractivity contribution in [2.75, 3.05) is 6.54 Å². The average Bonchev–Trinajstić information content (AvgIpc) is 2.65. The Kier molecular flexibility index (Phi) is 4.97. The molecule has 0 heterocycles. The first-order valence-corrected chi connectivity index (χ1v) is 6.52. The first kappa shape index (κ1) is 12.9. The summed E-state index contributed by atoms with van der Waals surface area (Å²) in [5, 5.41) is -0.163. The minimum absolute atomic E-state index is 0.163. The predicted molar refractivity (Wildman–Crippen MR) is 67.3 cm³/mol. The van der Waals surface area contributed by atoms with Crippen molar-refractivity contribution in [3.63, 3.8) is 0 Å². The number of nitrogens with zero attached hydrogens (tertiary/aromatic N) is 1. The van der Waals surface area contributed by atoms with Crippen molar-refractivity contribution in [2.24, 2.45) is 5.92 Å². The van der Waals surface area contributed by atoms with E-state index in [1.807, 2.05) is 6.92 Å². The summed E-state index contributed by atoms with van der Waals surface area (Å²) in [7, 11) is 0. The number of carbonyl (C=O) groups is 1. The third kappa shape index (κ3) is 3.71. The highest BCUT2D eigenvalue weighted by Crippen LogP contribution is 2.25. The van der Waals surface area contributed by atoms with Crippen molar-refractivity contribution in [1.82, 2.24) is 4.90 Å². The van der Waals surface area contributed by atoms with Gasteiger partial charge in [0.1, 0.15) is 0 Å². The number of rotatable bonds is 4. The Labute approximate surface area is 98.8 Å². The third-order valence-corrected chi connectivity index (χ3v) is 3.19. The van der Waals surface area contributed by atoms with E-state index in [4.69, 9.17) is 0 Å². The molecule has 0 aromatic rings. The molecule has 1 fully saturated rings. The van der Waals surface area contributed by atoms with E-state index in [1.54, 1.807) is 0 Å². The van der Waals surface area contributed by atoms with Gasteiger partial charge in [-0.25, -0.2) is 0 Å². The molecule has 1 aliphatic rings. The van der Waals surface area contributed by atoms with Crippen molar-refractivity contribution >= 4 is 18.5 Å². The zero-order valence-corrected chi connectivity index (χ0v) is 11.0. The summed E-state index contributed by atoms with van der Waals surface area (Å²) in [6, 6.07) is 0.481. The Balaban J connectivity index is 2.63. The number of hydrogen-bond donors (Lipinski definition) is 1. The van der Waals surface area contributed by atoms with Crippen LogP contribution < -0.4 is 0 Å². The molecule has 0 saturated heterocycles. The molecule has 3 heteroatoms. The summed E-state index contributed by atoms with van der Waals surface area (Å²) >= 11 is 4.26. The SMILES string of the molecule is CC(C)CN(C(=O)C(C)S)C1CCCC1. The molecule has 1 aliphatic carbocycles. The molecule has 88 valence electrons. The first-order valence-electron chi connectivity index (χ1n) is 6.01. The normalized spacial score (nSPS) is 19.5. The number of carbonyl (C=O) groups excluding carboxylic acids is 1. The van der Waals surface area contributed by atoms with E-state index in [0.29, 0.717) is 12.0 Å². The van der Waals surface area contributed by atoms with E-state index in [-0.39, 0.29) is 11.2 Å². The standard InChI is InChI=1S/C12H23NOS/c1-9(2)8-13(12(14)10(3)15)11-6-4-5-7-11/h9-11,15H,4-8H2,1-3H3. The highest BCUT2D eigenvalue weighted by atomic mass is 32.1. The molecule has 0 aromatic heterocycles. The number of thiol groups is 1. The molecule has 1 unspecified atom stereocenters. The van der Waals surface area contributed by atoms with Crippen LogP contribution in [0.4, 0.5) is 0 Å². The Morgan fingerprint density at radius 3 is 2.27 bits per heavy atom. The van der Waals surface area contributed by atoms with E-state index in [0.717, 1.165) is 6.54 Å². The molecule has 1 amide bonds. The zero-order valence-electron chi connectivity index (χ0n) is 10.1. The molecule has 1 saturated carbocycles. The van der Waals surface area contributed by atoms with Crippen molar-refractivity contribution in [3.8, 4) is 0 Å². The van der Waals surface area contributed by atoms with E-state index < -0.39 is 0 Å². The van der Waals surface area contributed by atoms with Crippen LogP contribution in [0.25, 0.3) is 0 Å². The number of hydrogen-bond acceptors (Lipinski definition) is 2. The van der Waals surface area contributed by atoms with E-state index in [2.05, 4.69) is 31.4 Å². The molecule has 15 heavy (non-hydrogen) atoms. The van der Waals surface area contributed by atoms with Crippen LogP contribution in [0.15, 0.2) is 0 Å². The monoisotopic (exact) mass is 229 g/mol. The second-order valence-corrected chi connectivity index (χ2v) is 5.77. The lowest BCUT2D eigenvalue weighted by atomic mass is 10.1. The van der Waals surface area contributed by atoms with Gasteiger partial charge in [-0.2, -0.15) is 12.6 Å². The summed E-state index contributed by atoms with van der Waals surface area (Å²) in [5.41, 5.74) is 0. The summed E-state index contributed by atoms with van der Waals surface area (Å²) in [6.45, 7) is 7.08. The first-order chi connectivity index (χ1) is 7.02. The fourth-order valence-electron chi connectivity index (χ4n) is 2.27. The van der Waals surface area contributed by atoms with Gasteiger partial charge in [0.25, 0.3) is 0 Å². The van der Waals surface area contributed by atoms with E-state index in [1.165, 1.54) is 25.7 Å². The van der Waals surface area contributed by atoms with Gasteiger partial charge in [-0.3, -0.25) is 4.79 Å². The minimum Gasteiger partial charge on any atom is -0.339 e. The molecule has 1 rings (SSSR count). The van der Waals surface area contributed by atoms with E-state index in [9.17, 15) is 4.79 Å². The smallest absolute Gasteiger partial charge is 0.235 e. The van der Waals surface area contributed by atoms with Crippen LogP contribution >= 0.6 is 12.6 Å². The highest BCUT2D eigenvalue weighted by Gasteiger charge is 2.28. The van der Waals surface area contributed by atoms with Crippen molar-refractivity contribution in [2.45, 2.75) is 57.7 Å². The summed E-state index contributed by atoms with van der Waals surface area (Å²) in [6.07, 6.45) is 4.90. The third-order valence-electron chi connectivity index (χ3n) is 2.97. The Morgan fingerprint density at radius 1 is 1.33 bits per heavy atom. The lowest BCUT2D eigenvalue weighted by molar-refractivity contribution is -0.133. The van der Waals surface area contributed by atoms with Gasteiger partial charge in [0.05, 0.1) is 5.25 Å².